The van der Waals surface area contributed by atoms with Crippen LogP contribution in [0.1, 0.15) is 34.3 Å². The molecule has 8 heteroatoms. The van der Waals surface area contributed by atoms with Gasteiger partial charge in [0, 0.05) is 29.8 Å². The highest BCUT2D eigenvalue weighted by molar-refractivity contribution is 7.98. The Kier molecular flexibility index (Phi) is 5.67. The Hall–Kier alpha value is -3.00. The Bertz CT molecular complexity index is 1210. The van der Waals surface area contributed by atoms with E-state index in [2.05, 4.69) is 21.8 Å². The molecule has 0 aliphatic rings. The summed E-state index contributed by atoms with van der Waals surface area (Å²) in [6, 6.07) is 11.3. The molecule has 4 rings (SSSR count). The summed E-state index contributed by atoms with van der Waals surface area (Å²) in [6.07, 6.45) is 4.74. The quantitative estimate of drug-likeness (QED) is 0.490. The smallest absolute Gasteiger partial charge is 0.254 e. The molecule has 3 heterocycles. The van der Waals surface area contributed by atoms with Gasteiger partial charge in [-0.2, -0.15) is 11.8 Å². The number of fused-ring (bicyclic) bond motifs is 2. The van der Waals surface area contributed by atoms with E-state index < -0.39 is 0 Å². The Morgan fingerprint density at radius 3 is 2.87 bits per heavy atom. The number of carbonyl (C=O) groups is 1. The second kappa shape index (κ2) is 8.39. The van der Waals surface area contributed by atoms with E-state index in [0.29, 0.717) is 5.56 Å². The third-order valence-electron chi connectivity index (χ3n) is 5.49. The summed E-state index contributed by atoms with van der Waals surface area (Å²) in [5, 5.41) is 12.7. The summed E-state index contributed by atoms with van der Waals surface area (Å²) in [4.78, 5) is 13.5. The molecule has 0 saturated heterocycles. The first kappa shape index (κ1) is 20.3. The van der Waals surface area contributed by atoms with Crippen molar-refractivity contribution in [1.29, 1.82) is 0 Å². The van der Waals surface area contributed by atoms with E-state index >= 15 is 0 Å². The first-order valence-electron chi connectivity index (χ1n) is 9.77. The van der Waals surface area contributed by atoms with Crippen molar-refractivity contribution in [2.75, 3.05) is 19.1 Å². The molecule has 0 aliphatic carbocycles. The average molecular weight is 424 g/mol. The summed E-state index contributed by atoms with van der Waals surface area (Å²) in [5.41, 5.74) is 3.33. The molecule has 0 radical (unpaired) electrons. The lowest BCUT2D eigenvalue weighted by atomic mass is 10.1. The zero-order valence-electron chi connectivity index (χ0n) is 17.5. The fraction of sp³-hybridized carbons (Fsp3) is 0.318. The number of carbonyl (C=O) groups excluding carboxylic acids is 1. The van der Waals surface area contributed by atoms with E-state index in [4.69, 9.17) is 4.74 Å². The average Bonchev–Trinajstić information content (AvgIpc) is 3.30. The van der Waals surface area contributed by atoms with Gasteiger partial charge >= 0.3 is 0 Å². The number of hydrogen-bond acceptors (Lipinski definition) is 5. The highest BCUT2D eigenvalue weighted by Crippen LogP contribution is 2.29. The standard InChI is InChI=1S/C22H25N5O2S/c1-14-20(16-13-15(29-3)8-9-18(16)26(14)2)22(28)23-17(10-12-30-4)21-25-24-19-7-5-6-11-27(19)21/h5-9,11,13,17H,10,12H2,1-4H3,(H,23,28)/t17-/m0/s1. The van der Waals surface area contributed by atoms with Crippen LogP contribution < -0.4 is 10.1 Å². The van der Waals surface area contributed by atoms with Crippen LogP contribution >= 0.6 is 11.8 Å². The van der Waals surface area contributed by atoms with Gasteiger partial charge in [0.15, 0.2) is 11.5 Å². The molecular formula is C22H25N5O2S. The van der Waals surface area contributed by atoms with Crippen molar-refractivity contribution in [3.63, 3.8) is 0 Å². The number of benzene rings is 1. The van der Waals surface area contributed by atoms with Gasteiger partial charge in [0.05, 0.1) is 18.7 Å². The monoisotopic (exact) mass is 423 g/mol. The molecule has 1 atom stereocenters. The van der Waals surface area contributed by atoms with Gasteiger partial charge in [0.25, 0.3) is 5.91 Å². The van der Waals surface area contributed by atoms with Crippen LogP contribution in [-0.4, -0.2) is 44.2 Å². The molecule has 0 spiro atoms. The normalized spacial score (nSPS) is 12.4. The predicted octanol–water partition coefficient (Wildman–Crippen LogP) is 3.76. The topological polar surface area (TPSA) is 73.4 Å². The molecule has 156 valence electrons. The summed E-state index contributed by atoms with van der Waals surface area (Å²) in [7, 11) is 3.60. The van der Waals surface area contributed by atoms with Gasteiger partial charge in [0.2, 0.25) is 0 Å². The van der Waals surface area contributed by atoms with E-state index in [1.165, 1.54) is 0 Å². The maximum Gasteiger partial charge on any atom is 0.254 e. The maximum absolute atomic E-state index is 13.5. The Morgan fingerprint density at radius 2 is 2.10 bits per heavy atom. The molecule has 1 N–H and O–H groups in total. The highest BCUT2D eigenvalue weighted by Gasteiger charge is 2.25. The first-order chi connectivity index (χ1) is 14.5. The van der Waals surface area contributed by atoms with E-state index in [1.807, 2.05) is 65.5 Å². The van der Waals surface area contributed by atoms with Gasteiger partial charge in [-0.15, -0.1) is 10.2 Å². The van der Waals surface area contributed by atoms with Crippen LogP contribution in [0.5, 0.6) is 5.75 Å². The van der Waals surface area contributed by atoms with Crippen LogP contribution in [-0.2, 0) is 7.05 Å². The molecule has 3 aromatic heterocycles. The zero-order chi connectivity index (χ0) is 21.3. The number of aromatic nitrogens is 4. The minimum Gasteiger partial charge on any atom is -0.497 e. The Morgan fingerprint density at radius 1 is 1.27 bits per heavy atom. The lowest BCUT2D eigenvalue weighted by Crippen LogP contribution is -2.31. The molecule has 1 amide bonds. The number of thioether (sulfide) groups is 1. The largest absolute Gasteiger partial charge is 0.497 e. The molecule has 0 bridgehead atoms. The van der Waals surface area contributed by atoms with Crippen LogP contribution in [0, 0.1) is 6.92 Å². The number of amides is 1. The van der Waals surface area contributed by atoms with Crippen molar-refractivity contribution < 1.29 is 9.53 Å². The molecule has 0 fully saturated rings. The summed E-state index contributed by atoms with van der Waals surface area (Å²) < 4.78 is 9.35. The number of nitrogens with zero attached hydrogens (tertiary/aromatic N) is 4. The molecule has 1 aromatic carbocycles. The van der Waals surface area contributed by atoms with Crippen LogP contribution in [0.3, 0.4) is 0 Å². The van der Waals surface area contributed by atoms with Crippen molar-refractivity contribution in [3.8, 4) is 5.75 Å². The van der Waals surface area contributed by atoms with Gasteiger partial charge in [-0.1, -0.05) is 6.07 Å². The van der Waals surface area contributed by atoms with Gasteiger partial charge in [0.1, 0.15) is 5.75 Å². The predicted molar refractivity (Wildman–Crippen MR) is 120 cm³/mol. The molecule has 0 aliphatic heterocycles. The highest BCUT2D eigenvalue weighted by atomic mass is 32.2. The van der Waals surface area contributed by atoms with Gasteiger partial charge in [-0.3, -0.25) is 9.20 Å². The zero-order valence-corrected chi connectivity index (χ0v) is 18.4. The van der Waals surface area contributed by atoms with E-state index in [9.17, 15) is 4.79 Å². The molecule has 7 nitrogen and oxygen atoms in total. The Labute approximate surface area is 179 Å². The molecule has 0 unspecified atom stereocenters. The fourth-order valence-corrected chi connectivity index (χ4v) is 4.27. The Balaban J connectivity index is 1.74. The van der Waals surface area contributed by atoms with Crippen molar-refractivity contribution in [1.82, 2.24) is 24.5 Å². The van der Waals surface area contributed by atoms with Gasteiger partial charge in [-0.25, -0.2) is 0 Å². The van der Waals surface area contributed by atoms with Crippen LogP contribution in [0.2, 0.25) is 0 Å². The minimum atomic E-state index is -0.248. The molecule has 4 aromatic rings. The summed E-state index contributed by atoms with van der Waals surface area (Å²) >= 11 is 1.74. The maximum atomic E-state index is 13.5. The fourth-order valence-electron chi connectivity index (χ4n) is 3.79. The number of hydrogen-bond donors (Lipinski definition) is 1. The summed E-state index contributed by atoms with van der Waals surface area (Å²) in [5.74, 6) is 2.24. The van der Waals surface area contributed by atoms with Gasteiger partial charge < -0.3 is 14.6 Å². The van der Waals surface area contributed by atoms with Crippen molar-refractivity contribution in [3.05, 3.63) is 59.7 Å². The number of aryl methyl sites for hydroxylation is 1. The second-order valence-electron chi connectivity index (χ2n) is 7.20. The van der Waals surface area contributed by atoms with E-state index in [0.717, 1.165) is 46.0 Å². The number of methoxy groups -OCH3 is 1. The van der Waals surface area contributed by atoms with Crippen LogP contribution in [0.4, 0.5) is 0 Å². The van der Waals surface area contributed by atoms with E-state index in [1.54, 1.807) is 18.9 Å². The number of nitrogens with one attached hydrogen (secondary N) is 1. The van der Waals surface area contributed by atoms with Crippen molar-refractivity contribution in [2.24, 2.45) is 7.05 Å². The lowest BCUT2D eigenvalue weighted by Gasteiger charge is -2.17. The minimum absolute atomic E-state index is 0.120. The third kappa shape index (κ3) is 3.52. The third-order valence-corrected chi connectivity index (χ3v) is 6.14. The first-order valence-corrected chi connectivity index (χ1v) is 11.2. The van der Waals surface area contributed by atoms with Crippen molar-refractivity contribution >= 4 is 34.2 Å². The number of ether oxygens (including phenoxy) is 1. The van der Waals surface area contributed by atoms with Crippen LogP contribution in [0.15, 0.2) is 42.6 Å². The molecule has 30 heavy (non-hydrogen) atoms. The SMILES string of the molecule is COc1ccc2c(c1)c(C(=O)N[C@@H](CCSC)c1nnc3ccccn13)c(C)n2C. The van der Waals surface area contributed by atoms with Crippen molar-refractivity contribution in [2.45, 2.75) is 19.4 Å². The second-order valence-corrected chi connectivity index (χ2v) is 8.18. The van der Waals surface area contributed by atoms with Gasteiger partial charge in [-0.05, 0) is 55.7 Å². The molecule has 0 saturated carbocycles. The van der Waals surface area contributed by atoms with Crippen LogP contribution in [0.25, 0.3) is 16.6 Å². The molecular weight excluding hydrogens is 398 g/mol. The number of rotatable bonds is 7. The summed E-state index contributed by atoms with van der Waals surface area (Å²) in [6.45, 7) is 1.96. The van der Waals surface area contributed by atoms with E-state index in [-0.39, 0.29) is 11.9 Å². The lowest BCUT2D eigenvalue weighted by molar-refractivity contribution is 0.0934. The number of pyridine rings is 1.